The average Bonchev–Trinajstić information content (AvgIpc) is 2.58. The average molecular weight is 576 g/mol. The van der Waals surface area contributed by atoms with E-state index in [-0.39, 0.29) is 24.9 Å². The molecule has 0 bridgehead atoms. The first-order chi connectivity index (χ1) is 13.7. The molecule has 0 spiro atoms. The summed E-state index contributed by atoms with van der Waals surface area (Å²) in [6.07, 6.45) is -0.889. The van der Waals surface area contributed by atoms with Gasteiger partial charge in [-0.25, -0.2) is 0 Å². The molecule has 0 heterocycles. The molecular formula is C20H38IO7PSi. The highest BCUT2D eigenvalue weighted by atomic mass is 127. The largest absolute Gasteiger partial charge is 0.459 e. The van der Waals surface area contributed by atoms with Crippen molar-refractivity contribution in [2.75, 3.05) is 26.0 Å². The third-order valence-electron chi connectivity index (χ3n) is 4.83. The fourth-order valence-corrected chi connectivity index (χ4v) is 5.12. The summed E-state index contributed by atoms with van der Waals surface area (Å²) in [7, 11) is -5.55. The highest BCUT2D eigenvalue weighted by Gasteiger charge is 2.38. The highest BCUT2D eigenvalue weighted by Crippen LogP contribution is 2.48. The number of hydrogen-bond acceptors (Lipinski definition) is 7. The number of ether oxygens (including phenoxy) is 1. The SMILES string of the molecule is CCOP(=O)(CC(=O)CC(=O)OC(CO[Si](C)(C)C(C)(C)C)C/C(C)=C/I)OCC. The molecule has 30 heavy (non-hydrogen) atoms. The number of carbonyl (C=O) groups is 2. The summed E-state index contributed by atoms with van der Waals surface area (Å²) < 4.78 is 36.4. The maximum atomic E-state index is 12.5. The second kappa shape index (κ2) is 13.5. The van der Waals surface area contributed by atoms with Gasteiger partial charge in [-0.3, -0.25) is 14.2 Å². The van der Waals surface area contributed by atoms with Crippen LogP contribution in [0.3, 0.4) is 0 Å². The van der Waals surface area contributed by atoms with E-state index in [1.165, 1.54) is 0 Å². The van der Waals surface area contributed by atoms with Crippen molar-refractivity contribution in [3.05, 3.63) is 9.66 Å². The van der Waals surface area contributed by atoms with Crippen LogP contribution in [-0.2, 0) is 32.4 Å². The lowest BCUT2D eigenvalue weighted by Crippen LogP contribution is -2.43. The Morgan fingerprint density at radius 2 is 1.67 bits per heavy atom. The standard InChI is InChI=1S/C20H38IO7PSi/c1-9-25-29(24,26-10-2)15-17(22)12-19(23)28-18(11-16(3)13-21)14-27-30(7,8)20(4,5)6/h13,18H,9-12,14-15H2,1-8H3/b16-13+. The predicted molar refractivity (Wildman–Crippen MR) is 131 cm³/mol. The molecule has 0 N–H and O–H groups in total. The van der Waals surface area contributed by atoms with E-state index >= 15 is 0 Å². The van der Waals surface area contributed by atoms with Crippen molar-refractivity contribution in [3.8, 4) is 0 Å². The van der Waals surface area contributed by atoms with Gasteiger partial charge < -0.3 is 18.2 Å². The minimum atomic E-state index is -3.53. The van der Waals surface area contributed by atoms with E-state index < -0.39 is 46.4 Å². The Balaban J connectivity index is 5.04. The lowest BCUT2D eigenvalue weighted by Gasteiger charge is -2.37. The van der Waals surface area contributed by atoms with E-state index in [1.54, 1.807) is 13.8 Å². The Hall–Kier alpha value is -0.0631. The van der Waals surface area contributed by atoms with Gasteiger partial charge in [-0.2, -0.15) is 0 Å². The first-order valence-electron chi connectivity index (χ1n) is 10.2. The van der Waals surface area contributed by atoms with Gasteiger partial charge in [0.1, 0.15) is 18.7 Å². The normalized spacial score (nSPS) is 14.5. The third kappa shape index (κ3) is 11.5. The Labute approximate surface area is 196 Å². The van der Waals surface area contributed by atoms with Gasteiger partial charge in [-0.15, -0.1) is 0 Å². The van der Waals surface area contributed by atoms with Crippen molar-refractivity contribution in [2.45, 2.75) is 78.6 Å². The minimum Gasteiger partial charge on any atom is -0.459 e. The van der Waals surface area contributed by atoms with Gasteiger partial charge >= 0.3 is 13.6 Å². The van der Waals surface area contributed by atoms with Crippen LogP contribution in [-0.4, -0.2) is 52.2 Å². The molecule has 1 atom stereocenters. The molecule has 0 saturated carbocycles. The lowest BCUT2D eigenvalue weighted by molar-refractivity contribution is -0.152. The lowest BCUT2D eigenvalue weighted by atomic mass is 10.1. The van der Waals surface area contributed by atoms with Gasteiger partial charge in [-0.05, 0) is 43.0 Å². The maximum absolute atomic E-state index is 12.5. The number of ketones is 1. The van der Waals surface area contributed by atoms with Crippen molar-refractivity contribution < 1.29 is 32.4 Å². The van der Waals surface area contributed by atoms with E-state index in [4.69, 9.17) is 18.2 Å². The molecule has 0 aromatic rings. The minimum absolute atomic E-state index is 0.0331. The first-order valence-corrected chi connectivity index (χ1v) is 16.1. The van der Waals surface area contributed by atoms with E-state index in [2.05, 4.69) is 56.5 Å². The van der Waals surface area contributed by atoms with Crippen LogP contribution in [0.4, 0.5) is 0 Å². The van der Waals surface area contributed by atoms with Crippen LogP contribution in [0.5, 0.6) is 0 Å². The van der Waals surface area contributed by atoms with Gasteiger partial charge in [0, 0.05) is 6.42 Å². The number of hydrogen-bond donors (Lipinski definition) is 0. The van der Waals surface area contributed by atoms with Crippen molar-refractivity contribution in [1.29, 1.82) is 0 Å². The fraction of sp³-hybridized carbons (Fsp3) is 0.800. The van der Waals surface area contributed by atoms with Gasteiger partial charge in [0.25, 0.3) is 0 Å². The molecule has 0 aliphatic carbocycles. The third-order valence-corrected chi connectivity index (χ3v) is 12.4. The molecule has 176 valence electrons. The zero-order valence-corrected chi connectivity index (χ0v) is 23.6. The highest BCUT2D eigenvalue weighted by molar-refractivity contribution is 14.1. The van der Waals surface area contributed by atoms with Crippen LogP contribution in [0.15, 0.2) is 9.66 Å². The molecule has 0 aliphatic heterocycles. The number of esters is 1. The second-order valence-corrected chi connectivity index (χ2v) is 16.1. The summed E-state index contributed by atoms with van der Waals surface area (Å²) in [5.41, 5.74) is 1.05. The predicted octanol–water partition coefficient (Wildman–Crippen LogP) is 5.87. The van der Waals surface area contributed by atoms with Crippen LogP contribution in [0.1, 0.15) is 54.4 Å². The van der Waals surface area contributed by atoms with Gasteiger partial charge in [0.15, 0.2) is 14.1 Å². The molecule has 0 saturated heterocycles. The van der Waals surface area contributed by atoms with E-state index in [0.29, 0.717) is 6.42 Å². The molecular weight excluding hydrogens is 538 g/mol. The van der Waals surface area contributed by atoms with Gasteiger partial charge in [0.2, 0.25) is 0 Å². The molecule has 0 radical (unpaired) electrons. The van der Waals surface area contributed by atoms with Crippen molar-refractivity contribution in [2.24, 2.45) is 0 Å². The first kappa shape index (κ1) is 29.9. The Morgan fingerprint density at radius 1 is 1.13 bits per heavy atom. The van der Waals surface area contributed by atoms with Crippen molar-refractivity contribution in [1.82, 2.24) is 0 Å². The number of Topliss-reactive ketones (excluding diaryl/α,β-unsaturated/α-hetero) is 1. The van der Waals surface area contributed by atoms with Crippen LogP contribution in [0, 0.1) is 0 Å². The van der Waals surface area contributed by atoms with Gasteiger partial charge in [-0.1, -0.05) is 48.9 Å². The Morgan fingerprint density at radius 3 is 2.10 bits per heavy atom. The summed E-state index contributed by atoms with van der Waals surface area (Å²) in [6.45, 7) is 16.6. The van der Waals surface area contributed by atoms with Gasteiger partial charge in [0.05, 0.1) is 19.8 Å². The van der Waals surface area contributed by atoms with Crippen LogP contribution in [0.2, 0.25) is 18.1 Å². The molecule has 0 fully saturated rings. The zero-order chi connectivity index (χ0) is 23.6. The monoisotopic (exact) mass is 576 g/mol. The summed E-state index contributed by atoms with van der Waals surface area (Å²) in [5.74, 6) is -1.19. The molecule has 7 nitrogen and oxygen atoms in total. The van der Waals surface area contributed by atoms with Crippen molar-refractivity contribution in [3.63, 3.8) is 0 Å². The zero-order valence-electron chi connectivity index (χ0n) is 19.6. The summed E-state index contributed by atoms with van der Waals surface area (Å²) in [6, 6.07) is 0. The van der Waals surface area contributed by atoms with Crippen molar-refractivity contribution >= 4 is 50.3 Å². The number of halogens is 1. The maximum Gasteiger partial charge on any atom is 0.338 e. The second-order valence-electron chi connectivity index (χ2n) is 8.66. The summed E-state index contributed by atoms with van der Waals surface area (Å²) in [4.78, 5) is 24.6. The molecule has 0 aromatic carbocycles. The van der Waals surface area contributed by atoms with E-state index in [9.17, 15) is 14.2 Å². The molecule has 1 unspecified atom stereocenters. The summed E-state index contributed by atoms with van der Waals surface area (Å²) in [5, 5.41) is 0.0331. The summed E-state index contributed by atoms with van der Waals surface area (Å²) >= 11 is 2.14. The topological polar surface area (TPSA) is 88.1 Å². The smallest absolute Gasteiger partial charge is 0.338 e. The number of rotatable bonds is 14. The molecule has 0 amide bonds. The number of carbonyl (C=O) groups excluding carboxylic acids is 2. The van der Waals surface area contributed by atoms with Crippen LogP contribution >= 0.6 is 30.2 Å². The van der Waals surface area contributed by atoms with E-state index in [0.717, 1.165) is 5.57 Å². The molecule has 0 aromatic heterocycles. The molecule has 0 aliphatic rings. The van der Waals surface area contributed by atoms with E-state index in [1.807, 2.05) is 11.0 Å². The van der Waals surface area contributed by atoms with Crippen LogP contribution in [0.25, 0.3) is 0 Å². The molecule has 0 rings (SSSR count). The molecule has 10 heteroatoms. The quantitative estimate of drug-likeness (QED) is 0.0840. The fourth-order valence-electron chi connectivity index (χ4n) is 2.24. The Kier molecular flexibility index (Phi) is 13.4. The Bertz CT molecular complexity index is 634. The van der Waals surface area contributed by atoms with Crippen LogP contribution < -0.4 is 0 Å².